The lowest BCUT2D eigenvalue weighted by atomic mass is 10.2. The van der Waals surface area contributed by atoms with E-state index in [1.807, 2.05) is 0 Å². The molecule has 0 aliphatic carbocycles. The molecule has 1 saturated heterocycles. The summed E-state index contributed by atoms with van der Waals surface area (Å²) in [6.07, 6.45) is 3.78. The normalized spacial score (nSPS) is 20.5. The molecular weight excluding hydrogens is 324 g/mol. The number of urea groups is 1. The number of carbonyl (C=O) groups is 1. The molecule has 2 atom stereocenters. The van der Waals surface area contributed by atoms with Crippen LogP contribution in [-0.2, 0) is 11.2 Å². The third kappa shape index (κ3) is 4.09. The summed E-state index contributed by atoms with van der Waals surface area (Å²) in [5, 5.41) is 18.2. The van der Waals surface area contributed by atoms with Crippen LogP contribution in [0.15, 0.2) is 4.34 Å². The summed E-state index contributed by atoms with van der Waals surface area (Å²) in [6, 6.07) is -0.310. The molecule has 1 fully saturated rings. The minimum Gasteiger partial charge on any atom is -0.610 e. The molecule has 2 heterocycles. The fraction of sp³-hybridized carbons (Fsp3) is 0.769. The lowest BCUT2D eigenvalue weighted by molar-refractivity contribution is 0.116. The van der Waals surface area contributed by atoms with Gasteiger partial charge in [0.1, 0.15) is 12.0 Å². The third-order valence-electron chi connectivity index (χ3n) is 3.53. The second-order valence-electron chi connectivity index (χ2n) is 5.30. The average molecular weight is 346 g/mol. The Bertz CT molecular complexity index is 499. The lowest BCUT2D eigenvalue weighted by Crippen LogP contribution is -2.53. The minimum atomic E-state index is -1.19. The Morgan fingerprint density at radius 2 is 2.18 bits per heavy atom. The predicted molar refractivity (Wildman–Crippen MR) is 86.5 cm³/mol. The number of hydrogen-bond acceptors (Lipinski definition) is 6. The van der Waals surface area contributed by atoms with Crippen LogP contribution in [0.4, 0.5) is 9.93 Å². The molecule has 0 spiro atoms. The zero-order valence-corrected chi connectivity index (χ0v) is 14.5. The summed E-state index contributed by atoms with van der Waals surface area (Å²) in [4.78, 5) is 14.9. The van der Waals surface area contributed by atoms with Gasteiger partial charge < -0.3 is 14.6 Å². The minimum absolute atomic E-state index is 0.306. The zero-order valence-electron chi connectivity index (χ0n) is 12.9. The molecule has 9 heteroatoms. The number of hydrogen-bond donors (Lipinski definition) is 1. The molecule has 0 saturated carbocycles. The van der Waals surface area contributed by atoms with E-state index in [1.54, 1.807) is 7.05 Å². The van der Waals surface area contributed by atoms with Crippen LogP contribution in [0.3, 0.4) is 0 Å². The Hall–Kier alpha value is -0.900. The first kappa shape index (κ1) is 17.5. The highest BCUT2D eigenvalue weighted by Gasteiger charge is 2.34. The summed E-state index contributed by atoms with van der Waals surface area (Å²) < 4.78 is 12.6. The smallest absolute Gasteiger partial charge is 0.328 e. The van der Waals surface area contributed by atoms with E-state index in [9.17, 15) is 14.5 Å². The monoisotopic (exact) mass is 346 g/mol. The first-order valence-corrected chi connectivity index (χ1v) is 9.62. The highest BCUT2D eigenvalue weighted by Crippen LogP contribution is 2.29. The summed E-state index contributed by atoms with van der Waals surface area (Å²) in [5.74, 6) is 0.561. The van der Waals surface area contributed by atoms with Crippen molar-refractivity contribution in [2.75, 3.05) is 24.2 Å². The van der Waals surface area contributed by atoms with E-state index in [1.165, 1.54) is 9.80 Å². The number of aromatic nitrogens is 2. The summed E-state index contributed by atoms with van der Waals surface area (Å²) >= 11 is -0.0731. The molecule has 0 radical (unpaired) electrons. The number of unbranched alkanes of at least 4 members (excludes halogenated alkanes) is 3. The third-order valence-corrected chi connectivity index (χ3v) is 6.19. The van der Waals surface area contributed by atoms with E-state index in [0.717, 1.165) is 37.0 Å². The van der Waals surface area contributed by atoms with Gasteiger partial charge in [-0.15, -0.1) is 5.10 Å². The number of rotatable bonds is 7. The van der Waals surface area contributed by atoms with Crippen molar-refractivity contribution in [3.05, 3.63) is 0 Å². The molecule has 124 valence electrons. The number of carbonyl (C=O) groups excluding carboxylic acids is 1. The molecule has 1 aromatic heterocycles. The van der Waals surface area contributed by atoms with Crippen molar-refractivity contribution >= 4 is 33.7 Å². The van der Waals surface area contributed by atoms with Gasteiger partial charge in [0.2, 0.25) is 5.13 Å². The molecule has 1 aromatic rings. The topological polar surface area (TPSA) is 92.6 Å². The second kappa shape index (κ2) is 8.09. The van der Waals surface area contributed by atoms with Gasteiger partial charge in [0, 0.05) is 31.2 Å². The average Bonchev–Trinajstić information content (AvgIpc) is 2.97. The second-order valence-corrected chi connectivity index (χ2v) is 8.00. The van der Waals surface area contributed by atoms with Gasteiger partial charge >= 0.3 is 10.4 Å². The van der Waals surface area contributed by atoms with Crippen LogP contribution in [0, 0.1) is 0 Å². The highest BCUT2D eigenvalue weighted by atomic mass is 32.2. The van der Waals surface area contributed by atoms with Crippen molar-refractivity contribution in [2.45, 2.75) is 49.6 Å². The number of nitrogens with zero attached hydrogens (tertiary/aromatic N) is 4. The summed E-state index contributed by atoms with van der Waals surface area (Å²) in [7, 11) is 1.68. The fourth-order valence-electron chi connectivity index (χ4n) is 2.19. The molecule has 0 aromatic carbocycles. The van der Waals surface area contributed by atoms with Crippen LogP contribution in [0.25, 0.3) is 0 Å². The standard InChI is InChI=1S/C13H22N4O3S2/c1-3-4-5-6-9-22(20)12-15-14-11(21-12)17-10(18)7-8-16(2)13(17)19/h10,18H,3-9H2,1-2H3. The summed E-state index contributed by atoms with van der Waals surface area (Å²) in [5.41, 5.74) is 0. The van der Waals surface area contributed by atoms with Crippen molar-refractivity contribution in [1.29, 1.82) is 0 Å². The van der Waals surface area contributed by atoms with Crippen LogP contribution < -0.4 is 4.90 Å². The predicted octanol–water partition coefficient (Wildman–Crippen LogP) is 1.81. The number of aliphatic hydroxyl groups excluding tert-OH is 1. The Balaban J connectivity index is 1.99. The highest BCUT2D eigenvalue weighted by molar-refractivity contribution is 7.93. The Labute approximate surface area is 137 Å². The molecule has 1 aliphatic rings. The van der Waals surface area contributed by atoms with Crippen LogP contribution in [0.2, 0.25) is 0 Å². The Morgan fingerprint density at radius 3 is 2.91 bits per heavy atom. The number of anilines is 1. The van der Waals surface area contributed by atoms with E-state index in [-0.39, 0.29) is 6.03 Å². The van der Waals surface area contributed by atoms with Crippen molar-refractivity contribution in [3.63, 3.8) is 0 Å². The van der Waals surface area contributed by atoms with E-state index < -0.39 is 17.4 Å². The van der Waals surface area contributed by atoms with Gasteiger partial charge in [-0.2, -0.15) is 0 Å². The van der Waals surface area contributed by atoms with Gasteiger partial charge in [0.05, 0.1) is 0 Å². The van der Waals surface area contributed by atoms with Gasteiger partial charge in [-0.25, -0.2) is 9.69 Å². The molecule has 2 unspecified atom stereocenters. The maximum Gasteiger partial charge on any atom is 0.328 e. The molecule has 22 heavy (non-hydrogen) atoms. The van der Waals surface area contributed by atoms with Gasteiger partial charge in [0.25, 0.3) is 0 Å². The maximum atomic E-state index is 12.2. The molecule has 1 N–H and O–H groups in total. The maximum absolute atomic E-state index is 12.2. The molecule has 7 nitrogen and oxygen atoms in total. The fourth-order valence-corrected chi connectivity index (χ4v) is 4.43. The van der Waals surface area contributed by atoms with Crippen LogP contribution >= 0.6 is 11.3 Å². The lowest BCUT2D eigenvalue weighted by Gasteiger charge is -2.35. The van der Waals surface area contributed by atoms with Gasteiger partial charge in [-0.05, 0) is 24.2 Å². The van der Waals surface area contributed by atoms with Crippen molar-refractivity contribution in [3.8, 4) is 0 Å². The largest absolute Gasteiger partial charge is 0.610 e. The van der Waals surface area contributed by atoms with Crippen LogP contribution in [0.5, 0.6) is 0 Å². The SMILES string of the molecule is CCCCCC[S+]([O-])c1nnc(N2C(=O)N(C)CCC2O)s1. The van der Waals surface area contributed by atoms with E-state index in [2.05, 4.69) is 17.1 Å². The molecule has 0 bridgehead atoms. The molecule has 2 amide bonds. The van der Waals surface area contributed by atoms with Crippen molar-refractivity contribution in [1.82, 2.24) is 15.1 Å². The van der Waals surface area contributed by atoms with E-state index in [0.29, 0.717) is 28.2 Å². The Morgan fingerprint density at radius 1 is 1.41 bits per heavy atom. The van der Waals surface area contributed by atoms with Crippen LogP contribution in [0.1, 0.15) is 39.0 Å². The van der Waals surface area contributed by atoms with E-state index in [4.69, 9.17) is 0 Å². The number of amides is 2. The summed E-state index contributed by atoms with van der Waals surface area (Å²) in [6.45, 7) is 2.64. The van der Waals surface area contributed by atoms with Crippen molar-refractivity contribution in [2.24, 2.45) is 0 Å². The zero-order chi connectivity index (χ0) is 16.1. The van der Waals surface area contributed by atoms with E-state index >= 15 is 0 Å². The Kier molecular flexibility index (Phi) is 6.42. The van der Waals surface area contributed by atoms with Gasteiger partial charge in [-0.3, -0.25) is 0 Å². The quantitative estimate of drug-likeness (QED) is 0.462. The van der Waals surface area contributed by atoms with Crippen LogP contribution in [-0.4, -0.2) is 56.4 Å². The number of aliphatic hydroxyl groups is 1. The molecular formula is C13H22N4O3S2. The van der Waals surface area contributed by atoms with Crippen molar-refractivity contribution < 1.29 is 14.5 Å². The first-order valence-electron chi connectivity index (χ1n) is 7.49. The van der Waals surface area contributed by atoms with Gasteiger partial charge in [0.15, 0.2) is 0 Å². The first-order chi connectivity index (χ1) is 10.5. The molecule has 2 rings (SSSR count). The molecule has 1 aliphatic heterocycles. The van der Waals surface area contributed by atoms with Gasteiger partial charge in [-0.1, -0.05) is 24.9 Å².